The predicted octanol–water partition coefficient (Wildman–Crippen LogP) is 3.47. The molecule has 9 nitrogen and oxygen atoms in total. The maximum absolute atomic E-state index is 4.77. The fourth-order valence-corrected chi connectivity index (χ4v) is 3.50. The van der Waals surface area contributed by atoms with Gasteiger partial charge in [-0.2, -0.15) is 0 Å². The summed E-state index contributed by atoms with van der Waals surface area (Å²) in [5.41, 5.74) is 1.51. The minimum atomic E-state index is 0.159. The molecule has 3 aromatic heterocycles. The molecule has 9 heteroatoms. The van der Waals surface area contributed by atoms with E-state index in [0.29, 0.717) is 24.0 Å². The number of anilines is 3. The zero-order chi connectivity index (χ0) is 21.0. The summed E-state index contributed by atoms with van der Waals surface area (Å²) in [6.45, 7) is 14.8. The van der Waals surface area contributed by atoms with E-state index in [1.54, 1.807) is 24.8 Å². The van der Waals surface area contributed by atoms with Crippen LogP contribution in [-0.4, -0.2) is 59.6 Å². The second-order valence-corrected chi connectivity index (χ2v) is 7.84. The molecular weight excluding hydrogens is 366 g/mol. The number of imidazole rings is 1. The Labute approximate surface area is 172 Å². The highest BCUT2D eigenvalue weighted by Crippen LogP contribution is 2.27. The van der Waals surface area contributed by atoms with Crippen LogP contribution in [0.15, 0.2) is 24.8 Å². The molecule has 3 rings (SSSR count). The molecule has 156 valence electrons. The van der Waals surface area contributed by atoms with Gasteiger partial charge in [0.1, 0.15) is 6.33 Å². The van der Waals surface area contributed by atoms with Crippen molar-refractivity contribution in [3.63, 3.8) is 0 Å². The molecule has 0 spiro atoms. The number of nitrogens with one attached hydrogen (secondary N) is 2. The van der Waals surface area contributed by atoms with Crippen LogP contribution in [0.4, 0.5) is 17.7 Å². The number of fused-ring (bicyclic) bond motifs is 1. The van der Waals surface area contributed by atoms with Crippen LogP contribution in [0.3, 0.4) is 0 Å². The lowest BCUT2D eigenvalue weighted by atomic mass is 10.2. The molecule has 0 amide bonds. The van der Waals surface area contributed by atoms with Crippen molar-refractivity contribution in [1.82, 2.24) is 34.4 Å². The van der Waals surface area contributed by atoms with Gasteiger partial charge >= 0.3 is 0 Å². The van der Waals surface area contributed by atoms with E-state index < -0.39 is 0 Å². The summed E-state index contributed by atoms with van der Waals surface area (Å²) >= 11 is 0. The third-order valence-electron chi connectivity index (χ3n) is 4.77. The first-order chi connectivity index (χ1) is 13.9. The molecule has 0 radical (unpaired) electrons. The van der Waals surface area contributed by atoms with Crippen LogP contribution in [0.5, 0.6) is 0 Å². The number of nitrogens with zero attached hydrogens (tertiary/aromatic N) is 7. The fraction of sp³-hybridized carbons (Fsp3) is 0.550. The van der Waals surface area contributed by atoms with Gasteiger partial charge in [0, 0.05) is 43.6 Å². The van der Waals surface area contributed by atoms with Crippen LogP contribution < -0.4 is 10.6 Å². The zero-order valence-electron chi connectivity index (χ0n) is 18.1. The third kappa shape index (κ3) is 4.79. The molecule has 3 aromatic rings. The quantitative estimate of drug-likeness (QED) is 0.566. The number of hydrogen-bond donors (Lipinski definition) is 2. The fourth-order valence-electron chi connectivity index (χ4n) is 3.50. The first-order valence-electron chi connectivity index (χ1n) is 10.1. The molecule has 29 heavy (non-hydrogen) atoms. The highest BCUT2D eigenvalue weighted by molar-refractivity contribution is 5.85. The summed E-state index contributed by atoms with van der Waals surface area (Å²) in [6, 6.07) is 2.92. The van der Waals surface area contributed by atoms with Crippen molar-refractivity contribution in [2.45, 2.75) is 59.7 Å². The number of rotatable bonds is 9. The van der Waals surface area contributed by atoms with E-state index in [-0.39, 0.29) is 6.04 Å². The van der Waals surface area contributed by atoms with E-state index in [4.69, 9.17) is 4.98 Å². The van der Waals surface area contributed by atoms with Crippen LogP contribution in [0, 0.1) is 0 Å². The number of hydrogen-bond acceptors (Lipinski definition) is 8. The molecular formula is C20H31N9. The van der Waals surface area contributed by atoms with Gasteiger partial charge < -0.3 is 5.32 Å². The van der Waals surface area contributed by atoms with Gasteiger partial charge in [-0.3, -0.25) is 14.8 Å². The lowest BCUT2D eigenvalue weighted by molar-refractivity contribution is 0.182. The van der Waals surface area contributed by atoms with Gasteiger partial charge in [0.2, 0.25) is 11.9 Å². The van der Waals surface area contributed by atoms with E-state index in [9.17, 15) is 0 Å². The molecule has 0 saturated carbocycles. The summed E-state index contributed by atoms with van der Waals surface area (Å²) in [5.74, 6) is 1.88. The molecule has 0 bridgehead atoms. The van der Waals surface area contributed by atoms with E-state index in [2.05, 4.69) is 77.0 Å². The van der Waals surface area contributed by atoms with Crippen LogP contribution in [0.2, 0.25) is 0 Å². The van der Waals surface area contributed by atoms with Gasteiger partial charge in [-0.15, -0.1) is 0 Å². The molecule has 0 aliphatic heterocycles. The van der Waals surface area contributed by atoms with Crippen LogP contribution >= 0.6 is 0 Å². The topological polar surface area (TPSA) is 96.7 Å². The van der Waals surface area contributed by atoms with E-state index >= 15 is 0 Å². The van der Waals surface area contributed by atoms with E-state index in [1.165, 1.54) is 0 Å². The summed E-state index contributed by atoms with van der Waals surface area (Å²) in [7, 11) is 0. The highest BCUT2D eigenvalue weighted by Gasteiger charge is 2.19. The van der Waals surface area contributed by atoms with Crippen molar-refractivity contribution in [2.75, 3.05) is 23.7 Å². The largest absolute Gasteiger partial charge is 0.367 e. The third-order valence-corrected chi connectivity index (χ3v) is 4.77. The Balaban J connectivity index is 1.87. The first-order valence-corrected chi connectivity index (χ1v) is 10.1. The molecule has 0 atom stereocenters. The molecule has 0 aliphatic rings. The molecule has 0 unspecified atom stereocenters. The Morgan fingerprint density at radius 2 is 1.66 bits per heavy atom. The van der Waals surface area contributed by atoms with Gasteiger partial charge in [-0.25, -0.2) is 24.9 Å². The van der Waals surface area contributed by atoms with Gasteiger partial charge in [0.15, 0.2) is 17.0 Å². The van der Waals surface area contributed by atoms with Crippen molar-refractivity contribution in [3.05, 3.63) is 24.8 Å². The van der Waals surface area contributed by atoms with Crippen molar-refractivity contribution in [3.8, 4) is 0 Å². The summed E-state index contributed by atoms with van der Waals surface area (Å²) in [5, 5.41) is 6.64. The lowest BCUT2D eigenvalue weighted by Crippen LogP contribution is -2.40. The average molecular weight is 398 g/mol. The second-order valence-electron chi connectivity index (χ2n) is 7.84. The van der Waals surface area contributed by atoms with Gasteiger partial charge in [0.25, 0.3) is 0 Å². The van der Waals surface area contributed by atoms with Crippen LogP contribution in [0.25, 0.3) is 11.2 Å². The van der Waals surface area contributed by atoms with Gasteiger partial charge in [-0.1, -0.05) is 0 Å². The standard InChI is InChI=1S/C20H31N9/c1-13(2)28(14(3)4)11-10-21-17-16-18(25-12-24-17)29(15(5)6)20(26-16)27-19-22-8-7-9-23-19/h7-9,12-15H,10-11H2,1-6H3,(H,21,24,25)(H,22,23,26,27). The minimum Gasteiger partial charge on any atom is -0.367 e. The average Bonchev–Trinajstić information content (AvgIpc) is 3.04. The first kappa shape index (κ1) is 20.9. The van der Waals surface area contributed by atoms with Crippen molar-refractivity contribution >= 4 is 28.9 Å². The van der Waals surface area contributed by atoms with Crippen molar-refractivity contribution in [2.24, 2.45) is 0 Å². The minimum absolute atomic E-state index is 0.159. The Hall–Kier alpha value is -2.81. The second kappa shape index (κ2) is 9.13. The summed E-state index contributed by atoms with van der Waals surface area (Å²) < 4.78 is 2.03. The Bertz CT molecular complexity index is 910. The van der Waals surface area contributed by atoms with Crippen molar-refractivity contribution in [1.29, 1.82) is 0 Å². The van der Waals surface area contributed by atoms with Crippen LogP contribution in [-0.2, 0) is 0 Å². The lowest BCUT2D eigenvalue weighted by Gasteiger charge is -2.30. The van der Waals surface area contributed by atoms with Gasteiger partial charge in [0.05, 0.1) is 0 Å². The highest BCUT2D eigenvalue weighted by atomic mass is 15.3. The van der Waals surface area contributed by atoms with Crippen molar-refractivity contribution < 1.29 is 0 Å². The Kier molecular flexibility index (Phi) is 6.58. The normalized spacial score (nSPS) is 11.9. The Morgan fingerprint density at radius 3 is 2.28 bits per heavy atom. The maximum Gasteiger partial charge on any atom is 0.229 e. The molecule has 0 fully saturated rings. The molecule has 2 N–H and O–H groups in total. The smallest absolute Gasteiger partial charge is 0.229 e. The Morgan fingerprint density at radius 1 is 0.966 bits per heavy atom. The van der Waals surface area contributed by atoms with E-state index in [0.717, 1.165) is 30.1 Å². The molecule has 0 aliphatic carbocycles. The van der Waals surface area contributed by atoms with Crippen LogP contribution in [0.1, 0.15) is 47.6 Å². The van der Waals surface area contributed by atoms with Gasteiger partial charge in [-0.05, 0) is 47.6 Å². The predicted molar refractivity (Wildman–Crippen MR) is 116 cm³/mol. The summed E-state index contributed by atoms with van der Waals surface area (Å²) in [4.78, 5) is 24.6. The summed E-state index contributed by atoms with van der Waals surface area (Å²) in [6.07, 6.45) is 4.97. The SMILES string of the molecule is CC(C)N(CCNc1ncnc2c1nc(Nc1ncccn1)n2C(C)C)C(C)C. The monoisotopic (exact) mass is 397 g/mol. The molecule has 0 saturated heterocycles. The number of aromatic nitrogens is 6. The molecule has 3 heterocycles. The maximum atomic E-state index is 4.77. The zero-order valence-corrected chi connectivity index (χ0v) is 18.1. The molecule has 0 aromatic carbocycles. The van der Waals surface area contributed by atoms with E-state index in [1.807, 2.05) is 4.57 Å².